The van der Waals surface area contributed by atoms with E-state index >= 15 is 0 Å². The Bertz CT molecular complexity index is 536. The second kappa shape index (κ2) is 8.31. The Balaban J connectivity index is 2.70. The van der Waals surface area contributed by atoms with Gasteiger partial charge in [0.1, 0.15) is 24.5 Å². The number of hydrogen-bond acceptors (Lipinski definition) is 5. The molecule has 0 saturated carbocycles. The number of carbonyl (C=O) groups is 3. The van der Waals surface area contributed by atoms with Crippen LogP contribution in [0.15, 0.2) is 30.3 Å². The van der Waals surface area contributed by atoms with Gasteiger partial charge in [0.05, 0.1) is 6.54 Å². The minimum Gasteiger partial charge on any atom is -0.458 e. The molecule has 0 radical (unpaired) electrons. The molecule has 0 aliphatic heterocycles. The maximum Gasteiger partial charge on any atom is 0.411 e. The highest BCUT2D eigenvalue weighted by Crippen LogP contribution is 2.12. The number of hydrogen-bond donors (Lipinski definition) is 0. The predicted molar refractivity (Wildman–Crippen MR) is 84.7 cm³/mol. The van der Waals surface area contributed by atoms with Crippen LogP contribution >= 0.6 is 0 Å². The van der Waals surface area contributed by atoms with Crippen LogP contribution in [0.4, 0.5) is 4.79 Å². The molecular formula is C17H23NO5. The Morgan fingerprint density at radius 1 is 1.22 bits per heavy atom. The van der Waals surface area contributed by atoms with Crippen molar-refractivity contribution in [2.24, 2.45) is 0 Å². The van der Waals surface area contributed by atoms with Crippen molar-refractivity contribution in [2.45, 2.75) is 45.9 Å². The Morgan fingerprint density at radius 3 is 2.35 bits per heavy atom. The van der Waals surface area contributed by atoms with Gasteiger partial charge in [0.15, 0.2) is 0 Å². The molecule has 1 aromatic carbocycles. The largest absolute Gasteiger partial charge is 0.458 e. The fourth-order valence-electron chi connectivity index (χ4n) is 1.79. The summed E-state index contributed by atoms with van der Waals surface area (Å²) >= 11 is 0. The van der Waals surface area contributed by atoms with E-state index < -0.39 is 23.7 Å². The van der Waals surface area contributed by atoms with E-state index in [4.69, 9.17) is 9.47 Å². The maximum absolute atomic E-state index is 12.2. The van der Waals surface area contributed by atoms with Crippen LogP contribution in [0.2, 0.25) is 0 Å². The van der Waals surface area contributed by atoms with Crippen LogP contribution in [-0.4, -0.2) is 41.4 Å². The topological polar surface area (TPSA) is 72.9 Å². The second-order valence-corrected chi connectivity index (χ2v) is 6.07. The highest BCUT2D eigenvalue weighted by atomic mass is 16.6. The smallest absolute Gasteiger partial charge is 0.411 e. The van der Waals surface area contributed by atoms with E-state index in [-0.39, 0.29) is 13.2 Å². The lowest BCUT2D eigenvalue weighted by Crippen LogP contribution is -2.46. The van der Waals surface area contributed by atoms with Crippen LogP contribution in [0.25, 0.3) is 0 Å². The van der Waals surface area contributed by atoms with Crippen LogP contribution in [0, 0.1) is 0 Å². The summed E-state index contributed by atoms with van der Waals surface area (Å²) < 4.78 is 10.4. The first-order valence-corrected chi connectivity index (χ1v) is 7.38. The van der Waals surface area contributed by atoms with Gasteiger partial charge >= 0.3 is 12.1 Å². The summed E-state index contributed by atoms with van der Waals surface area (Å²) in [6.45, 7) is 6.52. The van der Waals surface area contributed by atoms with Crippen LogP contribution < -0.4 is 0 Å². The number of rotatable bonds is 6. The van der Waals surface area contributed by atoms with Gasteiger partial charge in [-0.25, -0.2) is 9.59 Å². The minimum atomic E-state index is -0.914. The summed E-state index contributed by atoms with van der Waals surface area (Å²) in [4.78, 5) is 36.1. The molecule has 0 N–H and O–H groups in total. The number of amides is 1. The van der Waals surface area contributed by atoms with Crippen molar-refractivity contribution in [1.82, 2.24) is 4.90 Å². The van der Waals surface area contributed by atoms with Crippen molar-refractivity contribution in [3.8, 4) is 0 Å². The molecule has 0 bridgehead atoms. The van der Waals surface area contributed by atoms with Crippen molar-refractivity contribution in [1.29, 1.82) is 0 Å². The number of esters is 1. The zero-order valence-electron chi connectivity index (χ0n) is 13.9. The third-order valence-electron chi connectivity index (χ3n) is 2.93. The third kappa shape index (κ3) is 6.50. The molecule has 6 heteroatoms. The summed E-state index contributed by atoms with van der Waals surface area (Å²) in [6.07, 6.45) is -0.190. The van der Waals surface area contributed by atoms with Gasteiger partial charge in [0, 0.05) is 0 Å². The second-order valence-electron chi connectivity index (χ2n) is 6.07. The zero-order chi connectivity index (χ0) is 17.5. The van der Waals surface area contributed by atoms with Crippen LogP contribution in [0.3, 0.4) is 0 Å². The molecule has 0 aliphatic rings. The van der Waals surface area contributed by atoms with Gasteiger partial charge in [-0.3, -0.25) is 4.90 Å². The quantitative estimate of drug-likeness (QED) is 0.595. The van der Waals surface area contributed by atoms with E-state index in [9.17, 15) is 14.4 Å². The first-order valence-electron chi connectivity index (χ1n) is 7.38. The van der Waals surface area contributed by atoms with Crippen molar-refractivity contribution in [3.63, 3.8) is 0 Å². The van der Waals surface area contributed by atoms with Gasteiger partial charge in [-0.1, -0.05) is 30.3 Å². The standard InChI is InChI=1S/C17H23NO5/c1-13(15(20)23-17(2,3)4)18(10-11-19)16(21)22-12-14-8-6-5-7-9-14/h5-9,11,13H,10,12H2,1-4H3/t13-/m1/s1. The predicted octanol–water partition coefficient (Wildman–Crippen LogP) is 2.55. The van der Waals surface area contributed by atoms with Crippen molar-refractivity contribution in [3.05, 3.63) is 35.9 Å². The number of carbonyl (C=O) groups excluding carboxylic acids is 3. The average molecular weight is 321 g/mol. The van der Waals surface area contributed by atoms with E-state index in [1.807, 2.05) is 30.3 Å². The van der Waals surface area contributed by atoms with Crippen LogP contribution in [0.5, 0.6) is 0 Å². The molecular weight excluding hydrogens is 298 g/mol. The summed E-state index contributed by atoms with van der Waals surface area (Å²) in [6, 6.07) is 8.23. The lowest BCUT2D eigenvalue weighted by Gasteiger charge is -2.28. The van der Waals surface area contributed by atoms with Crippen molar-refractivity contribution >= 4 is 18.3 Å². The highest BCUT2D eigenvalue weighted by Gasteiger charge is 2.30. The number of aldehydes is 1. The van der Waals surface area contributed by atoms with Gasteiger partial charge < -0.3 is 14.3 Å². The summed E-state index contributed by atoms with van der Waals surface area (Å²) in [5.41, 5.74) is 0.142. The zero-order valence-corrected chi connectivity index (χ0v) is 13.9. The van der Waals surface area contributed by atoms with E-state index in [1.165, 1.54) is 6.92 Å². The number of nitrogens with zero attached hydrogens (tertiary/aromatic N) is 1. The monoisotopic (exact) mass is 321 g/mol. The van der Waals surface area contributed by atoms with Gasteiger partial charge in [0.25, 0.3) is 0 Å². The van der Waals surface area contributed by atoms with Crippen LogP contribution in [0.1, 0.15) is 33.3 Å². The van der Waals surface area contributed by atoms with E-state index in [0.29, 0.717) is 6.29 Å². The Labute approximate surface area is 136 Å². The highest BCUT2D eigenvalue weighted by molar-refractivity contribution is 5.82. The summed E-state index contributed by atoms with van der Waals surface area (Å²) in [7, 11) is 0. The molecule has 0 spiro atoms. The van der Waals surface area contributed by atoms with Gasteiger partial charge in [-0.05, 0) is 33.3 Å². The first-order chi connectivity index (χ1) is 10.7. The SMILES string of the molecule is C[C@H](C(=O)OC(C)(C)C)N(CC=O)C(=O)OCc1ccccc1. The fourth-order valence-corrected chi connectivity index (χ4v) is 1.79. The Hall–Kier alpha value is -2.37. The molecule has 0 unspecified atom stereocenters. The number of ether oxygens (including phenoxy) is 2. The fraction of sp³-hybridized carbons (Fsp3) is 0.471. The number of benzene rings is 1. The first kappa shape index (κ1) is 18.7. The molecule has 0 saturated heterocycles. The molecule has 1 rings (SSSR count). The Kier molecular flexibility index (Phi) is 6.75. The van der Waals surface area contributed by atoms with Gasteiger partial charge in [0.2, 0.25) is 0 Å². The molecule has 1 atom stereocenters. The lowest BCUT2D eigenvalue weighted by atomic mass is 10.2. The van der Waals surface area contributed by atoms with Crippen LogP contribution in [-0.2, 0) is 25.7 Å². The van der Waals surface area contributed by atoms with Crippen molar-refractivity contribution in [2.75, 3.05) is 6.54 Å². The van der Waals surface area contributed by atoms with Crippen molar-refractivity contribution < 1.29 is 23.9 Å². The van der Waals surface area contributed by atoms with E-state index in [1.54, 1.807) is 20.8 Å². The lowest BCUT2D eigenvalue weighted by molar-refractivity contribution is -0.160. The maximum atomic E-state index is 12.2. The molecule has 0 fully saturated rings. The van der Waals surface area contributed by atoms with E-state index in [0.717, 1.165) is 10.5 Å². The average Bonchev–Trinajstić information content (AvgIpc) is 2.49. The molecule has 23 heavy (non-hydrogen) atoms. The molecule has 1 aromatic rings. The molecule has 0 aliphatic carbocycles. The summed E-state index contributed by atoms with van der Waals surface area (Å²) in [5.74, 6) is -0.587. The third-order valence-corrected chi connectivity index (χ3v) is 2.93. The summed E-state index contributed by atoms with van der Waals surface area (Å²) in [5, 5.41) is 0. The molecule has 0 aromatic heterocycles. The van der Waals surface area contributed by atoms with Gasteiger partial charge in [-0.2, -0.15) is 0 Å². The van der Waals surface area contributed by atoms with Gasteiger partial charge in [-0.15, -0.1) is 0 Å². The minimum absolute atomic E-state index is 0.0655. The van der Waals surface area contributed by atoms with E-state index in [2.05, 4.69) is 0 Å². The molecule has 6 nitrogen and oxygen atoms in total. The molecule has 1 amide bonds. The molecule has 0 heterocycles. The Morgan fingerprint density at radius 2 is 1.83 bits per heavy atom. The normalized spacial score (nSPS) is 12.2. The molecule has 126 valence electrons.